The van der Waals surface area contributed by atoms with Gasteiger partial charge in [0.1, 0.15) is 0 Å². The van der Waals surface area contributed by atoms with Crippen molar-refractivity contribution in [2.45, 2.75) is 133 Å². The summed E-state index contributed by atoms with van der Waals surface area (Å²) in [4.78, 5) is 28.6. The van der Waals surface area contributed by atoms with Crippen molar-refractivity contribution in [3.8, 4) is 0 Å². The Balaban J connectivity index is 2.11. The van der Waals surface area contributed by atoms with E-state index in [0.717, 1.165) is 67.7 Å². The summed E-state index contributed by atoms with van der Waals surface area (Å²) in [5, 5.41) is 6.89. The molecule has 0 unspecified atom stereocenters. The topological polar surface area (TPSA) is 87.5 Å². The van der Waals surface area contributed by atoms with Crippen LogP contribution in [0.15, 0.2) is 117 Å². The van der Waals surface area contributed by atoms with E-state index >= 15 is 0 Å². The molecular weight excluding hydrogens is 689 g/mol. The number of carbonyl (C=O) groups excluding carboxylic acids is 2. The molecule has 0 bridgehead atoms. The van der Waals surface area contributed by atoms with Crippen molar-refractivity contribution in [3.63, 3.8) is 0 Å². The standard InChI is InChI=1S/C50H78N4O2/c1-39(25-27-45-43(5)23-15-29-49(45,7)8)19-13-21-41(3)37-47(55)54(36-18-35-53-33-12-11-32-52-34-17-31-51)48(56)38-42(4)22-14-20-40(2)26-28-46-44(6)24-16-30-50(46,9)10/h13-14,19-22,25-28,37-38,52-53H,11-12,15-18,23-24,29-36,51H2,1-10H3. The molecule has 2 rings (SSSR count). The predicted octanol–water partition coefficient (Wildman–Crippen LogP) is 11.1. The Labute approximate surface area is 342 Å². The van der Waals surface area contributed by atoms with Crippen LogP contribution in [0.1, 0.15) is 133 Å². The molecule has 0 radical (unpaired) electrons. The van der Waals surface area contributed by atoms with Gasteiger partial charge < -0.3 is 16.4 Å². The van der Waals surface area contributed by atoms with E-state index in [4.69, 9.17) is 5.73 Å². The highest BCUT2D eigenvalue weighted by Crippen LogP contribution is 2.41. The summed E-state index contributed by atoms with van der Waals surface area (Å²) in [5.74, 6) is -0.597. The van der Waals surface area contributed by atoms with Crippen molar-refractivity contribution in [2.24, 2.45) is 16.6 Å². The molecule has 0 aromatic rings. The van der Waals surface area contributed by atoms with Crippen LogP contribution in [0.25, 0.3) is 0 Å². The van der Waals surface area contributed by atoms with Crippen molar-refractivity contribution in [3.05, 3.63) is 117 Å². The average molecular weight is 767 g/mol. The number of hydrogen-bond acceptors (Lipinski definition) is 5. The van der Waals surface area contributed by atoms with Crippen LogP contribution in [-0.2, 0) is 9.59 Å². The number of nitrogens with one attached hydrogen (secondary N) is 2. The minimum Gasteiger partial charge on any atom is -0.330 e. The van der Waals surface area contributed by atoms with E-state index in [1.54, 1.807) is 12.2 Å². The summed E-state index contributed by atoms with van der Waals surface area (Å²) < 4.78 is 0. The van der Waals surface area contributed by atoms with E-state index in [1.807, 2.05) is 38.2 Å². The molecule has 0 saturated heterocycles. The molecular formula is C50H78N4O2. The zero-order valence-electron chi connectivity index (χ0n) is 37.1. The highest BCUT2D eigenvalue weighted by molar-refractivity contribution is 6.05. The van der Waals surface area contributed by atoms with Gasteiger partial charge in [-0.05, 0) is 172 Å². The van der Waals surface area contributed by atoms with Gasteiger partial charge in [-0.2, -0.15) is 0 Å². The second-order valence-electron chi connectivity index (χ2n) is 17.4. The van der Waals surface area contributed by atoms with Gasteiger partial charge in [0, 0.05) is 18.7 Å². The zero-order valence-corrected chi connectivity index (χ0v) is 37.1. The van der Waals surface area contributed by atoms with Gasteiger partial charge in [-0.25, -0.2) is 0 Å². The van der Waals surface area contributed by atoms with Crippen molar-refractivity contribution in [1.29, 1.82) is 0 Å². The Morgan fingerprint density at radius 3 is 1.45 bits per heavy atom. The zero-order chi connectivity index (χ0) is 41.6. The van der Waals surface area contributed by atoms with E-state index in [1.165, 1.54) is 65.7 Å². The molecule has 6 heteroatoms. The minimum atomic E-state index is -0.299. The molecule has 2 amide bonds. The van der Waals surface area contributed by atoms with Gasteiger partial charge in [0.2, 0.25) is 0 Å². The van der Waals surface area contributed by atoms with Gasteiger partial charge in [-0.3, -0.25) is 14.5 Å². The number of amides is 2. The molecule has 0 aromatic heterocycles. The van der Waals surface area contributed by atoms with Crippen LogP contribution in [0, 0.1) is 10.8 Å². The molecule has 0 heterocycles. The molecule has 2 aliphatic rings. The van der Waals surface area contributed by atoms with E-state index in [2.05, 4.69) is 102 Å². The molecule has 0 fully saturated rings. The summed E-state index contributed by atoms with van der Waals surface area (Å²) >= 11 is 0. The lowest BCUT2D eigenvalue weighted by Gasteiger charge is -2.33. The van der Waals surface area contributed by atoms with Crippen LogP contribution in [-0.4, -0.2) is 56.0 Å². The van der Waals surface area contributed by atoms with Crippen molar-refractivity contribution >= 4 is 11.8 Å². The fourth-order valence-corrected chi connectivity index (χ4v) is 7.57. The summed E-state index contributed by atoms with van der Waals surface area (Å²) in [7, 11) is 0. The normalized spacial score (nSPS) is 18.8. The Bertz CT molecular complexity index is 1500. The highest BCUT2D eigenvalue weighted by Gasteiger charge is 2.27. The van der Waals surface area contributed by atoms with Crippen LogP contribution < -0.4 is 16.4 Å². The third-order valence-corrected chi connectivity index (χ3v) is 11.0. The number of unbranched alkanes of at least 4 members (excludes halogenated alkanes) is 1. The lowest BCUT2D eigenvalue weighted by Crippen LogP contribution is -2.37. The number of allylic oxidation sites excluding steroid dienone is 18. The Hall–Kier alpha value is -3.58. The third kappa shape index (κ3) is 18.6. The molecule has 4 N–H and O–H groups in total. The van der Waals surface area contributed by atoms with E-state index < -0.39 is 0 Å². The number of imide groups is 1. The maximum Gasteiger partial charge on any atom is 0.253 e. The molecule has 0 aliphatic heterocycles. The molecule has 2 aliphatic carbocycles. The molecule has 56 heavy (non-hydrogen) atoms. The van der Waals surface area contributed by atoms with Crippen molar-refractivity contribution in [1.82, 2.24) is 15.5 Å². The van der Waals surface area contributed by atoms with Gasteiger partial charge in [0.05, 0.1) is 0 Å². The fourth-order valence-electron chi connectivity index (χ4n) is 7.57. The van der Waals surface area contributed by atoms with E-state index in [-0.39, 0.29) is 22.6 Å². The summed E-state index contributed by atoms with van der Waals surface area (Å²) in [6.07, 6.45) is 35.1. The van der Waals surface area contributed by atoms with Crippen LogP contribution in [0.2, 0.25) is 0 Å². The molecule has 0 saturated carbocycles. The Morgan fingerprint density at radius 1 is 0.625 bits per heavy atom. The van der Waals surface area contributed by atoms with Crippen LogP contribution in [0.5, 0.6) is 0 Å². The monoisotopic (exact) mass is 767 g/mol. The van der Waals surface area contributed by atoms with Gasteiger partial charge in [0.25, 0.3) is 11.8 Å². The van der Waals surface area contributed by atoms with Gasteiger partial charge in [-0.1, -0.05) is 111 Å². The summed E-state index contributed by atoms with van der Waals surface area (Å²) in [6.45, 7) is 26.5. The first-order chi connectivity index (χ1) is 26.6. The second kappa shape index (κ2) is 25.6. The number of rotatable bonds is 22. The lowest BCUT2D eigenvalue weighted by molar-refractivity contribution is -0.138. The van der Waals surface area contributed by atoms with Gasteiger partial charge in [-0.15, -0.1) is 0 Å². The second-order valence-corrected chi connectivity index (χ2v) is 17.4. The number of nitrogens with zero attached hydrogens (tertiary/aromatic N) is 1. The number of nitrogens with two attached hydrogens (primary N) is 1. The highest BCUT2D eigenvalue weighted by atomic mass is 16.2. The smallest absolute Gasteiger partial charge is 0.253 e. The number of carbonyl (C=O) groups is 2. The van der Waals surface area contributed by atoms with Crippen molar-refractivity contribution < 1.29 is 9.59 Å². The SMILES string of the molecule is CC(C=CC1=C(C)CCCC1(C)C)=CC=CC(C)=CC(=O)N(CCCNCCCCNCCCN)C(=O)C=C(C)C=CC=C(C)C=CC1=C(C)CCCC1(C)C. The molecule has 6 nitrogen and oxygen atoms in total. The summed E-state index contributed by atoms with van der Waals surface area (Å²) in [5.41, 5.74) is 15.7. The van der Waals surface area contributed by atoms with Crippen molar-refractivity contribution in [2.75, 3.05) is 39.3 Å². The maximum absolute atomic E-state index is 13.6. The fraction of sp³-hybridized carbons (Fsp3) is 0.560. The predicted molar refractivity (Wildman–Crippen MR) is 242 cm³/mol. The largest absolute Gasteiger partial charge is 0.330 e. The van der Waals surface area contributed by atoms with E-state index in [0.29, 0.717) is 19.5 Å². The molecule has 0 aromatic carbocycles. The lowest BCUT2D eigenvalue weighted by atomic mass is 9.72. The first-order valence-corrected chi connectivity index (χ1v) is 21.4. The van der Waals surface area contributed by atoms with Crippen LogP contribution in [0.4, 0.5) is 0 Å². The average Bonchev–Trinajstić information content (AvgIpc) is 3.11. The molecule has 0 atom stereocenters. The van der Waals surface area contributed by atoms with Gasteiger partial charge in [0.15, 0.2) is 0 Å². The Morgan fingerprint density at radius 2 is 1.04 bits per heavy atom. The third-order valence-electron chi connectivity index (χ3n) is 11.0. The summed E-state index contributed by atoms with van der Waals surface area (Å²) in [6, 6.07) is 0. The van der Waals surface area contributed by atoms with Gasteiger partial charge >= 0.3 is 0 Å². The quantitative estimate of drug-likeness (QED) is 0.0580. The van der Waals surface area contributed by atoms with Crippen LogP contribution >= 0.6 is 0 Å². The van der Waals surface area contributed by atoms with E-state index in [9.17, 15) is 9.59 Å². The first kappa shape index (κ1) is 48.6. The maximum atomic E-state index is 13.6. The molecule has 310 valence electrons. The van der Waals surface area contributed by atoms with Crippen LogP contribution in [0.3, 0.4) is 0 Å². The molecule has 0 spiro atoms. The Kier molecular flexibility index (Phi) is 22.2. The first-order valence-electron chi connectivity index (χ1n) is 21.4. The minimum absolute atomic E-state index is 0.205. The number of hydrogen-bond donors (Lipinski definition) is 3.